The van der Waals surface area contributed by atoms with Crippen molar-refractivity contribution in [1.82, 2.24) is 4.90 Å². The monoisotopic (exact) mass is 213 g/mol. The average Bonchev–Trinajstić information content (AvgIpc) is 2.46. The van der Waals surface area contributed by atoms with Gasteiger partial charge in [-0.3, -0.25) is 9.69 Å². The summed E-state index contributed by atoms with van der Waals surface area (Å²) in [4.78, 5) is 14.1. The van der Waals surface area contributed by atoms with Crippen molar-refractivity contribution in [2.24, 2.45) is 0 Å². The highest BCUT2D eigenvalue weighted by atomic mass is 16.5. The summed E-state index contributed by atoms with van der Waals surface area (Å²) in [5.74, 6) is -0.0908. The Balaban J connectivity index is 2.60. The van der Waals surface area contributed by atoms with Crippen molar-refractivity contribution in [2.75, 3.05) is 19.7 Å². The number of carbonyl (C=O) groups excluding carboxylic acids is 1. The number of likely N-dealkylation sites (tertiary alicyclic amines) is 1. The maximum atomic E-state index is 11.8. The molecule has 1 heterocycles. The van der Waals surface area contributed by atoms with Gasteiger partial charge in [-0.2, -0.15) is 0 Å². The van der Waals surface area contributed by atoms with E-state index in [-0.39, 0.29) is 5.97 Å². The van der Waals surface area contributed by atoms with Gasteiger partial charge in [0.2, 0.25) is 0 Å². The van der Waals surface area contributed by atoms with Gasteiger partial charge in [-0.25, -0.2) is 0 Å². The summed E-state index contributed by atoms with van der Waals surface area (Å²) in [6, 6.07) is 0. The van der Waals surface area contributed by atoms with Crippen LogP contribution in [0.15, 0.2) is 0 Å². The van der Waals surface area contributed by atoms with Crippen LogP contribution in [-0.2, 0) is 9.53 Å². The summed E-state index contributed by atoms with van der Waals surface area (Å²) in [6.07, 6.45) is 4.97. The third-order valence-electron chi connectivity index (χ3n) is 3.17. The number of hydrogen-bond donors (Lipinski definition) is 0. The molecule has 0 spiro atoms. The van der Waals surface area contributed by atoms with E-state index in [1.807, 2.05) is 20.8 Å². The van der Waals surface area contributed by atoms with Crippen LogP contribution >= 0.6 is 0 Å². The van der Waals surface area contributed by atoms with Crippen molar-refractivity contribution in [3.05, 3.63) is 0 Å². The predicted octanol–water partition coefficient (Wildman–Crippen LogP) is 2.20. The van der Waals surface area contributed by atoms with Crippen LogP contribution in [0.2, 0.25) is 0 Å². The Morgan fingerprint density at radius 1 is 1.20 bits per heavy atom. The number of rotatable bonds is 3. The van der Waals surface area contributed by atoms with Crippen molar-refractivity contribution in [2.45, 2.75) is 52.0 Å². The standard InChI is InChI=1S/C12H23NO2/c1-4-15-11(14)12(2,3)13-9-7-5-6-8-10-13/h4-10H2,1-3H3. The van der Waals surface area contributed by atoms with Gasteiger partial charge in [0, 0.05) is 0 Å². The fraction of sp³-hybridized carbons (Fsp3) is 0.917. The zero-order valence-corrected chi connectivity index (χ0v) is 10.2. The van der Waals surface area contributed by atoms with Crippen molar-refractivity contribution in [3.8, 4) is 0 Å². The highest BCUT2D eigenvalue weighted by molar-refractivity contribution is 5.79. The number of esters is 1. The molecule has 0 aliphatic carbocycles. The van der Waals surface area contributed by atoms with Gasteiger partial charge in [0.05, 0.1) is 6.61 Å². The van der Waals surface area contributed by atoms with E-state index in [0.717, 1.165) is 13.1 Å². The lowest BCUT2D eigenvalue weighted by molar-refractivity contribution is -0.155. The van der Waals surface area contributed by atoms with Crippen LogP contribution in [0.4, 0.5) is 0 Å². The van der Waals surface area contributed by atoms with Crippen LogP contribution in [0, 0.1) is 0 Å². The van der Waals surface area contributed by atoms with Crippen molar-refractivity contribution < 1.29 is 9.53 Å². The minimum atomic E-state index is -0.458. The summed E-state index contributed by atoms with van der Waals surface area (Å²) < 4.78 is 5.12. The fourth-order valence-electron chi connectivity index (χ4n) is 2.07. The summed E-state index contributed by atoms with van der Waals surface area (Å²) in [7, 11) is 0. The molecular formula is C12H23NO2. The van der Waals surface area contributed by atoms with Crippen LogP contribution in [0.1, 0.15) is 46.5 Å². The van der Waals surface area contributed by atoms with Crippen molar-refractivity contribution in [3.63, 3.8) is 0 Å². The molecule has 0 N–H and O–H groups in total. The van der Waals surface area contributed by atoms with Crippen LogP contribution in [0.5, 0.6) is 0 Å². The first-order valence-corrected chi connectivity index (χ1v) is 6.01. The summed E-state index contributed by atoms with van der Waals surface area (Å²) in [5.41, 5.74) is -0.458. The lowest BCUT2D eigenvalue weighted by atomic mass is 10.0. The van der Waals surface area contributed by atoms with E-state index in [1.165, 1.54) is 25.7 Å². The first-order valence-electron chi connectivity index (χ1n) is 6.01. The van der Waals surface area contributed by atoms with Gasteiger partial charge >= 0.3 is 5.97 Å². The average molecular weight is 213 g/mol. The molecular weight excluding hydrogens is 190 g/mol. The Morgan fingerprint density at radius 2 is 1.73 bits per heavy atom. The second-order valence-corrected chi connectivity index (χ2v) is 4.68. The van der Waals surface area contributed by atoms with Crippen molar-refractivity contribution >= 4 is 5.97 Å². The molecule has 1 fully saturated rings. The molecule has 15 heavy (non-hydrogen) atoms. The second kappa shape index (κ2) is 5.50. The highest BCUT2D eigenvalue weighted by Crippen LogP contribution is 2.21. The molecule has 3 nitrogen and oxygen atoms in total. The molecule has 0 atom stereocenters. The Labute approximate surface area is 92.8 Å². The molecule has 3 heteroatoms. The fourth-order valence-corrected chi connectivity index (χ4v) is 2.07. The first kappa shape index (κ1) is 12.5. The zero-order chi connectivity index (χ0) is 11.3. The summed E-state index contributed by atoms with van der Waals surface area (Å²) in [6.45, 7) is 8.30. The maximum absolute atomic E-state index is 11.8. The van der Waals surface area contributed by atoms with Gasteiger partial charge in [-0.15, -0.1) is 0 Å². The first-order chi connectivity index (χ1) is 7.09. The number of hydrogen-bond acceptors (Lipinski definition) is 3. The summed E-state index contributed by atoms with van der Waals surface area (Å²) >= 11 is 0. The van der Waals surface area contributed by atoms with E-state index in [9.17, 15) is 4.79 Å². The Kier molecular flexibility index (Phi) is 4.58. The predicted molar refractivity (Wildman–Crippen MR) is 60.8 cm³/mol. The Hall–Kier alpha value is -0.570. The number of nitrogens with zero attached hydrogens (tertiary/aromatic N) is 1. The Morgan fingerprint density at radius 3 is 2.20 bits per heavy atom. The van der Waals surface area contributed by atoms with Crippen molar-refractivity contribution in [1.29, 1.82) is 0 Å². The third kappa shape index (κ3) is 3.20. The van der Waals surface area contributed by atoms with Crippen LogP contribution in [0.3, 0.4) is 0 Å². The van der Waals surface area contributed by atoms with E-state index < -0.39 is 5.54 Å². The minimum Gasteiger partial charge on any atom is -0.465 e. The molecule has 0 radical (unpaired) electrons. The second-order valence-electron chi connectivity index (χ2n) is 4.68. The largest absolute Gasteiger partial charge is 0.465 e. The molecule has 1 aliphatic rings. The molecule has 88 valence electrons. The smallest absolute Gasteiger partial charge is 0.325 e. The van der Waals surface area contributed by atoms with E-state index in [2.05, 4.69) is 4.90 Å². The molecule has 0 unspecified atom stereocenters. The molecule has 0 bridgehead atoms. The lowest BCUT2D eigenvalue weighted by Gasteiger charge is -2.35. The molecule has 0 amide bonds. The van der Waals surface area contributed by atoms with Crippen LogP contribution < -0.4 is 0 Å². The van der Waals surface area contributed by atoms with Gasteiger partial charge in [-0.05, 0) is 46.7 Å². The van der Waals surface area contributed by atoms with E-state index in [4.69, 9.17) is 4.74 Å². The topological polar surface area (TPSA) is 29.5 Å². The van der Waals surface area contributed by atoms with Gasteiger partial charge < -0.3 is 4.74 Å². The normalized spacial score (nSPS) is 19.7. The Bertz CT molecular complexity index is 206. The molecule has 0 aromatic rings. The molecule has 0 aromatic heterocycles. The van der Waals surface area contributed by atoms with Crippen LogP contribution in [-0.4, -0.2) is 36.1 Å². The summed E-state index contributed by atoms with van der Waals surface area (Å²) in [5, 5.41) is 0. The third-order valence-corrected chi connectivity index (χ3v) is 3.17. The minimum absolute atomic E-state index is 0.0908. The molecule has 1 saturated heterocycles. The maximum Gasteiger partial charge on any atom is 0.325 e. The van der Waals surface area contributed by atoms with E-state index in [0.29, 0.717) is 6.61 Å². The van der Waals surface area contributed by atoms with Gasteiger partial charge in [-0.1, -0.05) is 12.8 Å². The SMILES string of the molecule is CCOC(=O)C(C)(C)N1CCCCCC1. The molecule has 0 aromatic carbocycles. The van der Waals surface area contributed by atoms with E-state index in [1.54, 1.807) is 0 Å². The number of carbonyl (C=O) groups is 1. The zero-order valence-electron chi connectivity index (χ0n) is 10.2. The van der Waals surface area contributed by atoms with Gasteiger partial charge in [0.1, 0.15) is 5.54 Å². The van der Waals surface area contributed by atoms with Gasteiger partial charge in [0.25, 0.3) is 0 Å². The molecule has 1 aliphatic heterocycles. The molecule has 1 rings (SSSR count). The lowest BCUT2D eigenvalue weighted by Crippen LogP contribution is -2.51. The van der Waals surface area contributed by atoms with Crippen LogP contribution in [0.25, 0.3) is 0 Å². The van der Waals surface area contributed by atoms with Gasteiger partial charge in [0.15, 0.2) is 0 Å². The highest BCUT2D eigenvalue weighted by Gasteiger charge is 2.35. The quantitative estimate of drug-likeness (QED) is 0.673. The van der Waals surface area contributed by atoms with E-state index >= 15 is 0 Å². The number of ether oxygens (including phenoxy) is 1. The molecule has 0 saturated carbocycles.